The first-order valence-corrected chi connectivity index (χ1v) is 18.0. The normalized spacial score (nSPS) is 12.6. The molecule has 1 aromatic heterocycles. The summed E-state index contributed by atoms with van der Waals surface area (Å²) in [5, 5.41) is 2.51. The number of hydrogen-bond acceptors (Lipinski definition) is 4. The van der Waals surface area contributed by atoms with Crippen LogP contribution in [0, 0.1) is 13.8 Å². The van der Waals surface area contributed by atoms with Crippen molar-refractivity contribution in [3.63, 3.8) is 0 Å². The zero-order valence-corrected chi connectivity index (χ0v) is 26.2. The van der Waals surface area contributed by atoms with Crippen LogP contribution in [0.2, 0.25) is 0 Å². The summed E-state index contributed by atoms with van der Waals surface area (Å²) in [7, 11) is -7.39. The maximum atomic E-state index is 13.7. The molecule has 0 amide bonds. The molecule has 0 bridgehead atoms. The molecule has 0 unspecified atom stereocenters. The van der Waals surface area contributed by atoms with Crippen molar-refractivity contribution in [3.05, 3.63) is 130 Å². The fourth-order valence-electron chi connectivity index (χ4n) is 4.63. The molecular formula is C33H31NO4S2Se. The van der Waals surface area contributed by atoms with Gasteiger partial charge < -0.3 is 0 Å². The molecule has 0 aliphatic carbocycles. The Balaban J connectivity index is 1.47. The molecule has 5 nitrogen and oxygen atoms in total. The van der Waals surface area contributed by atoms with Crippen LogP contribution in [0.4, 0.5) is 0 Å². The second kappa shape index (κ2) is 12.2. The number of benzene rings is 4. The molecule has 0 saturated carbocycles. The van der Waals surface area contributed by atoms with Gasteiger partial charge in [-0.3, -0.25) is 0 Å². The van der Waals surface area contributed by atoms with Crippen molar-refractivity contribution in [2.24, 2.45) is 0 Å². The predicted octanol–water partition coefficient (Wildman–Crippen LogP) is 6.22. The number of sulfone groups is 2. The standard InChI is InChI=1S/C33H31NO4S2Se/c1-25-14-18-28(19-15-25)39(35,36)24-31(41-30-10-4-3-5-11-30)12-8-22-34-32-13-7-6-9-27(32)23-33(34)40(37,38)29-20-16-26(2)17-21-29/h3-7,9-11,13-21,23-24H,8,12,22H2,1-2H3/b31-24-. The Labute approximate surface area is 248 Å². The van der Waals surface area contributed by atoms with Gasteiger partial charge in [-0.1, -0.05) is 0 Å². The number of hydrogen-bond donors (Lipinski definition) is 0. The van der Waals surface area contributed by atoms with Gasteiger partial charge in [0.2, 0.25) is 0 Å². The Morgan fingerprint density at radius 1 is 0.732 bits per heavy atom. The maximum absolute atomic E-state index is 13.7. The van der Waals surface area contributed by atoms with Gasteiger partial charge in [-0.15, -0.1) is 0 Å². The van der Waals surface area contributed by atoms with E-state index >= 15 is 0 Å². The Morgan fingerprint density at radius 3 is 1.98 bits per heavy atom. The van der Waals surface area contributed by atoms with E-state index in [1.165, 1.54) is 5.41 Å². The van der Waals surface area contributed by atoms with Gasteiger partial charge >= 0.3 is 250 Å². The van der Waals surface area contributed by atoms with Crippen LogP contribution in [-0.2, 0) is 26.2 Å². The molecule has 0 fully saturated rings. The zero-order valence-electron chi connectivity index (χ0n) is 22.9. The minimum atomic E-state index is -3.76. The molecular weight excluding hydrogens is 617 g/mol. The van der Waals surface area contributed by atoms with Crippen LogP contribution in [0.25, 0.3) is 10.9 Å². The second-order valence-electron chi connectivity index (χ2n) is 9.97. The Morgan fingerprint density at radius 2 is 1.32 bits per heavy atom. The average Bonchev–Trinajstić information content (AvgIpc) is 3.33. The molecule has 1 heterocycles. The monoisotopic (exact) mass is 649 g/mol. The van der Waals surface area contributed by atoms with Gasteiger partial charge in [0.1, 0.15) is 0 Å². The summed E-state index contributed by atoms with van der Waals surface area (Å²) < 4.78 is 57.9. The molecule has 0 saturated heterocycles. The Kier molecular flexibility index (Phi) is 8.66. The predicted molar refractivity (Wildman–Crippen MR) is 166 cm³/mol. The number of para-hydroxylation sites is 1. The molecule has 0 atom stereocenters. The molecule has 210 valence electrons. The van der Waals surface area contributed by atoms with Gasteiger partial charge in [-0.25, -0.2) is 0 Å². The fourth-order valence-corrected chi connectivity index (χ4v) is 10.2. The van der Waals surface area contributed by atoms with Gasteiger partial charge in [-0.05, 0) is 0 Å². The van der Waals surface area contributed by atoms with Crippen LogP contribution in [0.1, 0.15) is 24.0 Å². The quantitative estimate of drug-likeness (QED) is 0.169. The first-order valence-electron chi connectivity index (χ1n) is 13.3. The molecule has 0 aliphatic heterocycles. The van der Waals surface area contributed by atoms with Crippen LogP contribution in [-0.4, -0.2) is 36.4 Å². The number of nitrogens with zero attached hydrogens (tertiary/aromatic N) is 1. The third-order valence-electron chi connectivity index (χ3n) is 6.81. The van der Waals surface area contributed by atoms with E-state index in [9.17, 15) is 16.8 Å². The molecule has 8 heteroatoms. The van der Waals surface area contributed by atoms with Gasteiger partial charge in [0.25, 0.3) is 0 Å². The van der Waals surface area contributed by atoms with Crippen LogP contribution >= 0.6 is 0 Å². The second-order valence-corrected chi connectivity index (χ2v) is 16.2. The summed E-state index contributed by atoms with van der Waals surface area (Å²) in [6.07, 6.45) is 1.11. The van der Waals surface area contributed by atoms with E-state index < -0.39 is 19.7 Å². The van der Waals surface area contributed by atoms with E-state index in [1.54, 1.807) is 54.6 Å². The number of aromatic nitrogens is 1. The van der Waals surface area contributed by atoms with Crippen molar-refractivity contribution in [1.29, 1.82) is 0 Å². The van der Waals surface area contributed by atoms with E-state index in [2.05, 4.69) is 0 Å². The third kappa shape index (κ3) is 6.74. The van der Waals surface area contributed by atoms with E-state index in [-0.39, 0.29) is 29.8 Å². The molecule has 5 aromatic rings. The van der Waals surface area contributed by atoms with E-state index in [4.69, 9.17) is 0 Å². The third-order valence-corrected chi connectivity index (χ3v) is 12.7. The van der Waals surface area contributed by atoms with Crippen LogP contribution in [0.15, 0.2) is 134 Å². The van der Waals surface area contributed by atoms with E-state index in [0.717, 1.165) is 31.0 Å². The van der Waals surface area contributed by atoms with Crippen molar-refractivity contribution in [2.45, 2.75) is 48.1 Å². The summed E-state index contributed by atoms with van der Waals surface area (Å²) in [4.78, 5) is 0.525. The van der Waals surface area contributed by atoms with E-state index in [0.29, 0.717) is 19.4 Å². The Bertz CT molecular complexity index is 1910. The van der Waals surface area contributed by atoms with Crippen LogP contribution in [0.5, 0.6) is 0 Å². The van der Waals surface area contributed by atoms with Crippen molar-refractivity contribution in [2.75, 3.05) is 0 Å². The summed E-state index contributed by atoms with van der Waals surface area (Å²) in [6, 6.07) is 33.0. The van der Waals surface area contributed by atoms with Crippen LogP contribution in [0.3, 0.4) is 0 Å². The first kappa shape index (κ1) is 29.1. The van der Waals surface area contributed by atoms with Gasteiger partial charge in [0.05, 0.1) is 0 Å². The molecule has 0 radical (unpaired) electrons. The van der Waals surface area contributed by atoms with Crippen molar-refractivity contribution in [1.82, 2.24) is 4.57 Å². The number of allylic oxidation sites excluding steroid dienone is 1. The van der Waals surface area contributed by atoms with Gasteiger partial charge in [-0.2, -0.15) is 0 Å². The molecule has 0 aliphatic rings. The van der Waals surface area contributed by atoms with Gasteiger partial charge in [0, 0.05) is 0 Å². The van der Waals surface area contributed by atoms with Gasteiger partial charge in [0.15, 0.2) is 0 Å². The summed E-state index contributed by atoms with van der Waals surface area (Å²) >= 11 is -0.200. The van der Waals surface area contributed by atoms with Crippen LogP contribution < -0.4 is 4.46 Å². The summed E-state index contributed by atoms with van der Waals surface area (Å²) in [5.74, 6) is 0. The number of rotatable bonds is 10. The summed E-state index contributed by atoms with van der Waals surface area (Å²) in [6.45, 7) is 4.28. The van der Waals surface area contributed by atoms with E-state index in [1.807, 2.05) is 73.0 Å². The fraction of sp³-hybridized carbons (Fsp3) is 0.152. The average molecular weight is 649 g/mol. The molecule has 0 spiro atoms. The van der Waals surface area contributed by atoms with Crippen molar-refractivity contribution in [3.8, 4) is 0 Å². The molecule has 41 heavy (non-hydrogen) atoms. The number of fused-ring (bicyclic) bond motifs is 1. The number of aryl methyl sites for hydroxylation is 3. The molecule has 5 rings (SSSR count). The SMILES string of the molecule is Cc1ccc(S(=O)(=O)/C=C(/CCCn2c(S(=O)(=O)c3ccc(C)cc3)cc3ccccc32)[Se]c2ccccc2)cc1. The minimum absolute atomic E-state index is 0.200. The first-order chi connectivity index (χ1) is 19.6. The molecule has 4 aromatic carbocycles. The van der Waals surface area contributed by atoms with Crippen molar-refractivity contribution >= 4 is 50.0 Å². The topological polar surface area (TPSA) is 73.2 Å². The Hall–Kier alpha value is -3.42. The van der Waals surface area contributed by atoms with Crippen molar-refractivity contribution < 1.29 is 16.8 Å². The molecule has 0 N–H and O–H groups in total. The summed E-state index contributed by atoms with van der Waals surface area (Å²) in [5.41, 5.74) is 2.83. The zero-order chi connectivity index (χ0) is 29.0.